The standard InChI is InChI=1S/C14H12ClN3O3/c1-9-4-2-3-5-12(9)17(14(16)19)13-7-6-10(18(20)21)8-11(13)15/h2-8H,1H3,(H2,16,19). The highest BCUT2D eigenvalue weighted by atomic mass is 35.5. The highest BCUT2D eigenvalue weighted by Gasteiger charge is 2.21. The van der Waals surface area contributed by atoms with Gasteiger partial charge < -0.3 is 5.73 Å². The highest BCUT2D eigenvalue weighted by Crippen LogP contribution is 2.35. The maximum atomic E-state index is 11.8. The minimum Gasteiger partial charge on any atom is -0.351 e. The number of hydrogen-bond donors (Lipinski definition) is 1. The molecule has 0 bridgehead atoms. The molecule has 0 fully saturated rings. The van der Waals surface area contributed by atoms with Crippen LogP contribution in [0.5, 0.6) is 0 Å². The lowest BCUT2D eigenvalue weighted by atomic mass is 10.1. The minimum absolute atomic E-state index is 0.0752. The maximum absolute atomic E-state index is 11.8. The summed E-state index contributed by atoms with van der Waals surface area (Å²) in [6.45, 7) is 1.82. The molecule has 0 unspecified atom stereocenters. The molecule has 2 N–H and O–H groups in total. The molecule has 21 heavy (non-hydrogen) atoms. The Morgan fingerprint density at radius 2 is 1.90 bits per heavy atom. The number of aryl methyl sites for hydroxylation is 1. The fourth-order valence-corrected chi connectivity index (χ4v) is 2.23. The van der Waals surface area contributed by atoms with Crippen LogP contribution in [0.25, 0.3) is 0 Å². The third kappa shape index (κ3) is 2.95. The van der Waals surface area contributed by atoms with Gasteiger partial charge in [-0.2, -0.15) is 0 Å². The van der Waals surface area contributed by atoms with Crippen molar-refractivity contribution in [3.8, 4) is 0 Å². The third-order valence-corrected chi connectivity index (χ3v) is 3.26. The van der Waals surface area contributed by atoms with E-state index in [1.807, 2.05) is 19.1 Å². The minimum atomic E-state index is -0.722. The summed E-state index contributed by atoms with van der Waals surface area (Å²) in [6.07, 6.45) is 0. The Kier molecular flexibility index (Phi) is 4.09. The van der Waals surface area contributed by atoms with Gasteiger partial charge in [0.1, 0.15) is 0 Å². The van der Waals surface area contributed by atoms with Gasteiger partial charge >= 0.3 is 6.03 Å². The largest absolute Gasteiger partial charge is 0.351 e. The van der Waals surface area contributed by atoms with E-state index < -0.39 is 11.0 Å². The molecule has 0 radical (unpaired) electrons. The summed E-state index contributed by atoms with van der Waals surface area (Å²) in [5.41, 5.74) is 6.97. The highest BCUT2D eigenvalue weighted by molar-refractivity contribution is 6.34. The molecule has 6 nitrogen and oxygen atoms in total. The monoisotopic (exact) mass is 305 g/mol. The number of halogens is 1. The molecular weight excluding hydrogens is 294 g/mol. The Morgan fingerprint density at radius 1 is 1.24 bits per heavy atom. The van der Waals surface area contributed by atoms with Crippen molar-refractivity contribution in [2.24, 2.45) is 5.73 Å². The lowest BCUT2D eigenvalue weighted by Gasteiger charge is -2.23. The molecule has 7 heteroatoms. The van der Waals surface area contributed by atoms with Crippen LogP contribution in [0.4, 0.5) is 21.9 Å². The maximum Gasteiger partial charge on any atom is 0.323 e. The number of benzene rings is 2. The van der Waals surface area contributed by atoms with Crippen molar-refractivity contribution in [3.63, 3.8) is 0 Å². The van der Waals surface area contributed by atoms with E-state index in [-0.39, 0.29) is 10.7 Å². The summed E-state index contributed by atoms with van der Waals surface area (Å²) in [7, 11) is 0. The van der Waals surface area contributed by atoms with Gasteiger partial charge in [-0.05, 0) is 24.6 Å². The zero-order chi connectivity index (χ0) is 15.6. The van der Waals surface area contributed by atoms with Crippen molar-refractivity contribution in [2.75, 3.05) is 4.90 Å². The van der Waals surface area contributed by atoms with Gasteiger partial charge in [0, 0.05) is 12.1 Å². The number of para-hydroxylation sites is 1. The molecule has 0 heterocycles. The van der Waals surface area contributed by atoms with Crippen LogP contribution in [0.3, 0.4) is 0 Å². The van der Waals surface area contributed by atoms with Crippen LogP contribution < -0.4 is 10.6 Å². The topological polar surface area (TPSA) is 89.5 Å². The van der Waals surface area contributed by atoms with Crippen LogP contribution in [0.15, 0.2) is 42.5 Å². The number of anilines is 2. The molecule has 0 aliphatic rings. The molecule has 0 aliphatic carbocycles. The van der Waals surface area contributed by atoms with Crippen molar-refractivity contribution in [1.82, 2.24) is 0 Å². The predicted molar refractivity (Wildman–Crippen MR) is 81.0 cm³/mol. The van der Waals surface area contributed by atoms with E-state index in [1.54, 1.807) is 12.1 Å². The summed E-state index contributed by atoms with van der Waals surface area (Å²) in [5.74, 6) is 0. The van der Waals surface area contributed by atoms with Gasteiger partial charge in [0.05, 0.1) is 21.3 Å². The second kappa shape index (κ2) is 5.80. The fraction of sp³-hybridized carbons (Fsp3) is 0.0714. The molecule has 0 atom stereocenters. The molecule has 2 amide bonds. The van der Waals surface area contributed by atoms with Crippen molar-refractivity contribution >= 4 is 34.7 Å². The van der Waals surface area contributed by atoms with Crippen LogP contribution in [-0.4, -0.2) is 11.0 Å². The second-order valence-corrected chi connectivity index (χ2v) is 4.76. The molecule has 0 spiro atoms. The number of urea groups is 1. The van der Waals surface area contributed by atoms with Gasteiger partial charge in [0.2, 0.25) is 0 Å². The van der Waals surface area contributed by atoms with Gasteiger partial charge in [-0.1, -0.05) is 29.8 Å². The molecule has 2 aromatic rings. The Morgan fingerprint density at radius 3 is 2.43 bits per heavy atom. The number of primary amides is 1. The van der Waals surface area contributed by atoms with E-state index in [9.17, 15) is 14.9 Å². The average molecular weight is 306 g/mol. The first kappa shape index (κ1) is 14.8. The first-order valence-corrected chi connectivity index (χ1v) is 6.38. The first-order chi connectivity index (χ1) is 9.91. The quantitative estimate of drug-likeness (QED) is 0.691. The molecule has 2 rings (SSSR count). The van der Waals surface area contributed by atoms with Gasteiger partial charge in [0.25, 0.3) is 5.69 Å². The van der Waals surface area contributed by atoms with Crippen LogP contribution in [0, 0.1) is 17.0 Å². The van der Waals surface area contributed by atoms with Crippen LogP contribution in [0.2, 0.25) is 5.02 Å². The Bertz CT molecular complexity index is 718. The number of non-ortho nitro benzene ring substituents is 1. The zero-order valence-electron chi connectivity index (χ0n) is 11.1. The molecule has 0 aromatic heterocycles. The Balaban J connectivity index is 2.57. The van der Waals surface area contributed by atoms with Crippen LogP contribution in [0.1, 0.15) is 5.56 Å². The number of amides is 2. The summed E-state index contributed by atoms with van der Waals surface area (Å²) in [5, 5.41) is 10.8. The molecule has 0 aliphatic heterocycles. The number of carbonyl (C=O) groups is 1. The van der Waals surface area contributed by atoms with E-state index in [1.165, 1.54) is 23.1 Å². The normalized spacial score (nSPS) is 10.2. The second-order valence-electron chi connectivity index (χ2n) is 4.35. The summed E-state index contributed by atoms with van der Waals surface area (Å²) in [6, 6.07) is 10.3. The van der Waals surface area contributed by atoms with E-state index in [0.29, 0.717) is 11.4 Å². The smallest absolute Gasteiger partial charge is 0.323 e. The Hall–Kier alpha value is -2.60. The predicted octanol–water partition coefficient (Wildman–Crippen LogP) is 3.77. The third-order valence-electron chi connectivity index (χ3n) is 2.96. The number of carbonyl (C=O) groups excluding carboxylic acids is 1. The molecule has 108 valence electrons. The van der Waals surface area contributed by atoms with Crippen molar-refractivity contribution in [2.45, 2.75) is 6.92 Å². The van der Waals surface area contributed by atoms with Crippen molar-refractivity contribution in [3.05, 3.63) is 63.2 Å². The average Bonchev–Trinajstić information content (AvgIpc) is 2.42. The first-order valence-electron chi connectivity index (χ1n) is 6.01. The van der Waals surface area contributed by atoms with Gasteiger partial charge in [-0.3, -0.25) is 15.0 Å². The number of nitrogens with zero attached hydrogens (tertiary/aromatic N) is 2. The summed E-state index contributed by atoms with van der Waals surface area (Å²) >= 11 is 6.06. The lowest BCUT2D eigenvalue weighted by Crippen LogP contribution is -2.32. The van der Waals surface area contributed by atoms with Crippen LogP contribution >= 0.6 is 11.6 Å². The van der Waals surface area contributed by atoms with Crippen molar-refractivity contribution < 1.29 is 9.72 Å². The van der Waals surface area contributed by atoms with E-state index in [4.69, 9.17) is 17.3 Å². The number of hydrogen-bond acceptors (Lipinski definition) is 3. The fourth-order valence-electron chi connectivity index (χ4n) is 1.97. The van der Waals surface area contributed by atoms with Gasteiger partial charge in [-0.25, -0.2) is 4.79 Å². The van der Waals surface area contributed by atoms with Crippen molar-refractivity contribution in [1.29, 1.82) is 0 Å². The molecule has 2 aromatic carbocycles. The lowest BCUT2D eigenvalue weighted by molar-refractivity contribution is -0.384. The molecule has 0 saturated heterocycles. The van der Waals surface area contributed by atoms with Crippen LogP contribution in [-0.2, 0) is 0 Å². The number of nitrogens with two attached hydrogens (primary N) is 1. The van der Waals surface area contributed by atoms with E-state index in [2.05, 4.69) is 0 Å². The van der Waals surface area contributed by atoms with E-state index >= 15 is 0 Å². The molecular formula is C14H12ClN3O3. The summed E-state index contributed by atoms with van der Waals surface area (Å²) in [4.78, 5) is 23.2. The molecule has 0 saturated carbocycles. The van der Waals surface area contributed by atoms with Gasteiger partial charge in [-0.15, -0.1) is 0 Å². The van der Waals surface area contributed by atoms with E-state index in [0.717, 1.165) is 5.56 Å². The zero-order valence-corrected chi connectivity index (χ0v) is 11.9. The SMILES string of the molecule is Cc1ccccc1N(C(N)=O)c1ccc([N+](=O)[O-])cc1Cl. The van der Waals surface area contributed by atoms with Gasteiger partial charge in [0.15, 0.2) is 0 Å². The summed E-state index contributed by atoms with van der Waals surface area (Å²) < 4.78 is 0. The number of nitro groups is 1. The Labute approximate surface area is 125 Å². The number of nitro benzene ring substituents is 1. The number of rotatable bonds is 3.